The molecule has 0 rings (SSSR count). The maximum atomic E-state index is 12.4. The van der Waals surface area contributed by atoms with Crippen LogP contribution in [0, 0.1) is 0 Å². The van der Waals surface area contributed by atoms with Crippen LogP contribution >= 0.6 is 0 Å². The summed E-state index contributed by atoms with van der Waals surface area (Å²) in [4.78, 5) is 24.4. The normalized spacial score (nSPS) is 13.0. The van der Waals surface area contributed by atoms with Crippen LogP contribution in [-0.2, 0) is 14.3 Å². The van der Waals surface area contributed by atoms with Gasteiger partial charge in [0.2, 0.25) is 5.91 Å². The van der Waals surface area contributed by atoms with E-state index in [1.54, 1.807) is 6.08 Å². The average molecular weight is 898 g/mol. The molecule has 3 N–H and O–H groups in total. The van der Waals surface area contributed by atoms with Gasteiger partial charge >= 0.3 is 5.97 Å². The van der Waals surface area contributed by atoms with Gasteiger partial charge in [0, 0.05) is 12.8 Å². The molecule has 0 aliphatic heterocycles. The number of nitrogens with one attached hydrogen (secondary N) is 1. The molecule has 2 unspecified atom stereocenters. The topological polar surface area (TPSA) is 95.9 Å². The molecule has 0 fully saturated rings. The summed E-state index contributed by atoms with van der Waals surface area (Å²) in [6.45, 7) is 4.85. The zero-order valence-electron chi connectivity index (χ0n) is 42.5. The van der Waals surface area contributed by atoms with Crippen molar-refractivity contribution >= 4 is 11.9 Å². The number of ether oxygens (including phenoxy) is 1. The number of allylic oxidation sites excluding steroid dienone is 7. The van der Waals surface area contributed by atoms with Gasteiger partial charge in [-0.2, -0.15) is 0 Å². The van der Waals surface area contributed by atoms with Gasteiger partial charge in [-0.05, 0) is 89.9 Å². The van der Waals surface area contributed by atoms with E-state index in [2.05, 4.69) is 55.6 Å². The van der Waals surface area contributed by atoms with Crippen LogP contribution in [-0.4, -0.2) is 47.4 Å². The molecule has 0 aromatic heterocycles. The summed E-state index contributed by atoms with van der Waals surface area (Å²) in [5, 5.41) is 22.9. The van der Waals surface area contributed by atoms with Crippen LogP contribution in [0.5, 0.6) is 0 Å². The highest BCUT2D eigenvalue weighted by atomic mass is 16.5. The Bertz CT molecular complexity index is 1080. The number of rotatable bonds is 51. The molecule has 0 bridgehead atoms. The molecule has 0 saturated carbocycles. The van der Waals surface area contributed by atoms with Gasteiger partial charge in [0.1, 0.15) is 0 Å². The van der Waals surface area contributed by atoms with Crippen LogP contribution in [0.25, 0.3) is 0 Å². The third kappa shape index (κ3) is 49.3. The molecule has 0 radical (unpaired) electrons. The lowest BCUT2D eigenvalue weighted by Gasteiger charge is -2.20. The number of carbonyl (C=O) groups excluding carboxylic acids is 2. The lowest BCUT2D eigenvalue weighted by molar-refractivity contribution is -0.143. The third-order valence-electron chi connectivity index (χ3n) is 12.6. The van der Waals surface area contributed by atoms with Crippen molar-refractivity contribution in [3.8, 4) is 0 Å². The molecule has 2 atom stereocenters. The van der Waals surface area contributed by atoms with Crippen molar-refractivity contribution in [1.29, 1.82) is 0 Å². The number of unbranched alkanes of at least 4 members (excludes halogenated alkanes) is 34. The van der Waals surface area contributed by atoms with E-state index < -0.39 is 12.1 Å². The lowest BCUT2D eigenvalue weighted by atomic mass is 10.0. The Hall–Kier alpha value is -2.18. The predicted octanol–water partition coefficient (Wildman–Crippen LogP) is 17.0. The number of aliphatic hydroxyl groups excluding tert-OH is 2. The molecule has 1 amide bonds. The minimum Gasteiger partial charge on any atom is -0.466 e. The molecule has 0 saturated heterocycles. The standard InChI is InChI=1S/C58H107NO5/c1-3-5-7-9-11-13-15-16-17-26-29-32-36-40-44-48-52-58(63)64-53-49-45-41-37-33-30-27-24-22-20-18-19-21-23-25-28-31-35-39-43-47-51-57(62)59-55(54-60)56(61)50-46-42-38-34-14-12-10-8-6-4-2/h13,15,17,19,21,26,46,50,55-56,60-61H,3-12,14,16,18,20,22-25,27-45,47-49,51-54H2,1-2H3,(H,59,62)/b15-13-,21-19-,26-17-,50-46+. The minimum atomic E-state index is -0.848. The molecular formula is C58H107NO5. The quantitative estimate of drug-likeness (QED) is 0.0321. The van der Waals surface area contributed by atoms with E-state index in [1.807, 2.05) is 6.08 Å². The van der Waals surface area contributed by atoms with E-state index in [1.165, 1.54) is 199 Å². The highest BCUT2D eigenvalue weighted by Crippen LogP contribution is 2.15. The van der Waals surface area contributed by atoms with Gasteiger partial charge < -0.3 is 20.3 Å². The van der Waals surface area contributed by atoms with Gasteiger partial charge in [0.15, 0.2) is 0 Å². The Balaban J connectivity index is 3.44. The summed E-state index contributed by atoms with van der Waals surface area (Å²) in [7, 11) is 0. The fourth-order valence-electron chi connectivity index (χ4n) is 8.25. The third-order valence-corrected chi connectivity index (χ3v) is 12.6. The van der Waals surface area contributed by atoms with Gasteiger partial charge in [-0.1, -0.05) is 229 Å². The van der Waals surface area contributed by atoms with E-state index in [0.717, 1.165) is 57.8 Å². The molecule has 0 spiro atoms. The number of aliphatic hydroxyl groups is 2. The molecule has 6 heteroatoms. The number of esters is 1. The van der Waals surface area contributed by atoms with Crippen molar-refractivity contribution in [2.45, 2.75) is 296 Å². The van der Waals surface area contributed by atoms with Crippen molar-refractivity contribution in [3.63, 3.8) is 0 Å². The Morgan fingerprint density at radius 3 is 1.22 bits per heavy atom. The monoisotopic (exact) mass is 898 g/mol. The second-order valence-electron chi connectivity index (χ2n) is 18.9. The Morgan fingerprint density at radius 1 is 0.438 bits per heavy atom. The van der Waals surface area contributed by atoms with E-state index in [9.17, 15) is 19.8 Å². The number of hydrogen-bond donors (Lipinski definition) is 3. The van der Waals surface area contributed by atoms with Gasteiger partial charge in [0.25, 0.3) is 0 Å². The highest BCUT2D eigenvalue weighted by Gasteiger charge is 2.18. The Kier molecular flexibility index (Phi) is 51.6. The highest BCUT2D eigenvalue weighted by molar-refractivity contribution is 5.76. The van der Waals surface area contributed by atoms with E-state index in [-0.39, 0.29) is 18.5 Å². The summed E-state index contributed by atoms with van der Waals surface area (Å²) in [6, 6.07) is -0.632. The van der Waals surface area contributed by atoms with Gasteiger partial charge in [-0.15, -0.1) is 0 Å². The molecular weight excluding hydrogens is 791 g/mol. The maximum Gasteiger partial charge on any atom is 0.305 e. The first-order chi connectivity index (χ1) is 31.5. The Labute approximate surface area is 397 Å². The smallest absolute Gasteiger partial charge is 0.305 e. The van der Waals surface area contributed by atoms with Crippen molar-refractivity contribution in [2.24, 2.45) is 0 Å². The molecule has 64 heavy (non-hydrogen) atoms. The molecule has 374 valence electrons. The molecule has 0 aromatic carbocycles. The first-order valence-corrected chi connectivity index (χ1v) is 27.9. The van der Waals surface area contributed by atoms with Crippen LogP contribution in [0.2, 0.25) is 0 Å². The summed E-state index contributed by atoms with van der Waals surface area (Å²) in [6.07, 6.45) is 67.0. The van der Waals surface area contributed by atoms with Crippen LogP contribution in [0.15, 0.2) is 48.6 Å². The first kappa shape index (κ1) is 61.8. The lowest BCUT2D eigenvalue weighted by Crippen LogP contribution is -2.45. The van der Waals surface area contributed by atoms with Gasteiger partial charge in [0.05, 0.1) is 25.4 Å². The molecule has 0 aromatic rings. The van der Waals surface area contributed by atoms with Crippen LogP contribution in [0.4, 0.5) is 0 Å². The first-order valence-electron chi connectivity index (χ1n) is 27.9. The second kappa shape index (κ2) is 53.4. The largest absolute Gasteiger partial charge is 0.466 e. The summed E-state index contributed by atoms with van der Waals surface area (Å²) in [5.41, 5.74) is 0. The molecule has 0 heterocycles. The predicted molar refractivity (Wildman–Crippen MR) is 278 cm³/mol. The fraction of sp³-hybridized carbons (Fsp3) is 0.828. The summed E-state index contributed by atoms with van der Waals surface area (Å²) < 4.78 is 5.47. The Morgan fingerprint density at radius 2 is 0.781 bits per heavy atom. The maximum absolute atomic E-state index is 12.4. The minimum absolute atomic E-state index is 0.00674. The van der Waals surface area contributed by atoms with Crippen molar-refractivity contribution in [2.75, 3.05) is 13.2 Å². The van der Waals surface area contributed by atoms with E-state index in [4.69, 9.17) is 4.74 Å². The van der Waals surface area contributed by atoms with Gasteiger partial charge in [-0.3, -0.25) is 9.59 Å². The number of hydrogen-bond acceptors (Lipinski definition) is 5. The fourth-order valence-corrected chi connectivity index (χ4v) is 8.25. The van der Waals surface area contributed by atoms with E-state index in [0.29, 0.717) is 19.4 Å². The van der Waals surface area contributed by atoms with Crippen molar-refractivity contribution in [3.05, 3.63) is 48.6 Å². The van der Waals surface area contributed by atoms with Gasteiger partial charge in [-0.25, -0.2) is 0 Å². The van der Waals surface area contributed by atoms with Crippen LogP contribution in [0.1, 0.15) is 284 Å². The van der Waals surface area contributed by atoms with Crippen molar-refractivity contribution < 1.29 is 24.5 Å². The van der Waals surface area contributed by atoms with E-state index >= 15 is 0 Å². The zero-order valence-corrected chi connectivity index (χ0v) is 42.5. The summed E-state index contributed by atoms with van der Waals surface area (Å²) in [5.74, 6) is -0.0856. The number of carbonyl (C=O) groups is 2. The molecule has 0 aliphatic rings. The average Bonchev–Trinajstić information content (AvgIpc) is 3.29. The summed E-state index contributed by atoms with van der Waals surface area (Å²) >= 11 is 0. The van der Waals surface area contributed by atoms with Crippen molar-refractivity contribution in [1.82, 2.24) is 5.32 Å². The van der Waals surface area contributed by atoms with Crippen LogP contribution in [0.3, 0.4) is 0 Å². The van der Waals surface area contributed by atoms with Crippen LogP contribution < -0.4 is 5.32 Å². The zero-order chi connectivity index (χ0) is 46.5. The molecule has 6 nitrogen and oxygen atoms in total. The number of amides is 1. The second-order valence-corrected chi connectivity index (χ2v) is 18.9. The SMILES string of the molecule is CCCCCC/C=C\C/C=C\CCCCCCCC(=O)OCCCCCCCCCCCC/C=C\CCCCCCCCCC(=O)NC(CO)C(O)/C=C/CCCCCCCCCC. The molecule has 0 aliphatic carbocycles.